The number of esters is 1. The van der Waals surface area contributed by atoms with Crippen molar-refractivity contribution in [3.8, 4) is 11.6 Å². The predicted molar refractivity (Wildman–Crippen MR) is 193 cm³/mol. The lowest BCUT2D eigenvalue weighted by Gasteiger charge is -2.52. The van der Waals surface area contributed by atoms with Crippen LogP contribution in [0.1, 0.15) is 112 Å². The van der Waals surface area contributed by atoms with Crippen molar-refractivity contribution in [1.29, 1.82) is 0 Å². The first-order valence-electron chi connectivity index (χ1n) is 17.8. The first-order chi connectivity index (χ1) is 22.8. The molecule has 2 heterocycles. The van der Waals surface area contributed by atoms with Gasteiger partial charge in [0.2, 0.25) is 5.88 Å². The second-order valence-electron chi connectivity index (χ2n) is 16.2. The number of rotatable bonds is 11. The Morgan fingerprint density at radius 1 is 1.00 bits per heavy atom. The van der Waals surface area contributed by atoms with E-state index >= 15 is 4.39 Å². The number of ether oxygens (including phenoxy) is 3. The van der Waals surface area contributed by atoms with Crippen molar-refractivity contribution in [3.05, 3.63) is 47.4 Å². The molecular formula is C37H59FN2O7Si2. The maximum Gasteiger partial charge on any atom is 0.335 e. The molecular weight excluding hydrogens is 660 g/mol. The fraction of sp³-hybridized carbons (Fsp3) is 0.703. The normalized spacial score (nSPS) is 25.3. The summed E-state index contributed by atoms with van der Waals surface area (Å²) in [5.41, 5.74) is -0.506. The van der Waals surface area contributed by atoms with Crippen LogP contribution in [0.15, 0.2) is 30.5 Å². The van der Waals surface area contributed by atoms with E-state index in [0.717, 1.165) is 11.3 Å². The van der Waals surface area contributed by atoms with E-state index in [1.165, 1.54) is 0 Å². The summed E-state index contributed by atoms with van der Waals surface area (Å²) in [7, 11) is -4.21. The Morgan fingerprint density at radius 3 is 2.12 bits per heavy atom. The lowest BCUT2D eigenvalue weighted by molar-refractivity contribution is -0.154. The third kappa shape index (κ3) is 8.40. The molecule has 2 fully saturated rings. The van der Waals surface area contributed by atoms with Crippen LogP contribution in [0.2, 0.25) is 22.2 Å². The molecule has 0 amide bonds. The van der Waals surface area contributed by atoms with Gasteiger partial charge in [-0.15, -0.1) is 0 Å². The highest BCUT2D eigenvalue weighted by Gasteiger charge is 2.64. The molecule has 1 saturated carbocycles. The summed E-state index contributed by atoms with van der Waals surface area (Å²) < 4.78 is 56.4. The fourth-order valence-electron chi connectivity index (χ4n) is 7.49. The van der Waals surface area contributed by atoms with Crippen molar-refractivity contribution < 1.29 is 36.4 Å². The van der Waals surface area contributed by atoms with E-state index in [1.807, 2.05) is 45.0 Å². The Bertz CT molecular complexity index is 1410. The van der Waals surface area contributed by atoms with Crippen LogP contribution in [0.3, 0.4) is 0 Å². The number of hydrogen-bond acceptors (Lipinski definition) is 9. The molecule has 0 unspecified atom stereocenters. The summed E-state index contributed by atoms with van der Waals surface area (Å²) in [6.07, 6.45) is 1.19. The molecule has 2 aliphatic rings. The Labute approximate surface area is 295 Å². The molecule has 274 valence electrons. The monoisotopic (exact) mass is 718 g/mol. The van der Waals surface area contributed by atoms with Gasteiger partial charge in [-0.3, -0.25) is 4.79 Å². The van der Waals surface area contributed by atoms with Crippen LogP contribution in [0, 0.1) is 5.92 Å². The molecule has 1 aliphatic carbocycles. The van der Waals surface area contributed by atoms with Crippen LogP contribution in [-0.4, -0.2) is 64.1 Å². The number of carbonyl (C=O) groups excluding carboxylic acids is 1. The minimum absolute atomic E-state index is 0.0768. The summed E-state index contributed by atoms with van der Waals surface area (Å²) >= 11 is 0. The van der Waals surface area contributed by atoms with Crippen LogP contribution in [0.25, 0.3) is 0 Å². The van der Waals surface area contributed by atoms with E-state index in [4.69, 9.17) is 32.2 Å². The maximum absolute atomic E-state index is 17.7. The molecule has 49 heavy (non-hydrogen) atoms. The molecule has 4 atom stereocenters. The summed E-state index contributed by atoms with van der Waals surface area (Å²) in [5.74, 6) is -0.0899. The first-order valence-corrected chi connectivity index (χ1v) is 21.7. The van der Waals surface area contributed by atoms with Crippen molar-refractivity contribution in [1.82, 2.24) is 9.97 Å². The zero-order chi connectivity index (χ0) is 36.5. The molecule has 0 N–H and O–H groups in total. The van der Waals surface area contributed by atoms with Gasteiger partial charge < -0.3 is 27.2 Å². The second kappa shape index (κ2) is 15.1. The van der Waals surface area contributed by atoms with Crippen LogP contribution >= 0.6 is 0 Å². The number of nitrogens with zero attached hydrogens (tertiary/aromatic N) is 2. The van der Waals surface area contributed by atoms with Crippen molar-refractivity contribution in [2.45, 2.75) is 148 Å². The van der Waals surface area contributed by atoms with Gasteiger partial charge in [-0.05, 0) is 74.0 Å². The number of methoxy groups -OCH3 is 1. The average Bonchev–Trinajstić information content (AvgIpc) is 3.22. The third-order valence-corrected chi connectivity index (χ3v) is 20.3. The van der Waals surface area contributed by atoms with Gasteiger partial charge >= 0.3 is 23.1 Å². The van der Waals surface area contributed by atoms with Gasteiger partial charge in [0, 0.05) is 30.2 Å². The molecule has 1 aromatic carbocycles. The number of aromatic nitrogens is 2. The lowest BCUT2D eigenvalue weighted by Crippen LogP contribution is -2.65. The number of hydrogen-bond donors (Lipinski definition) is 0. The molecule has 9 nitrogen and oxygen atoms in total. The van der Waals surface area contributed by atoms with E-state index in [0.29, 0.717) is 18.6 Å². The quantitative estimate of drug-likeness (QED) is 0.167. The molecule has 4 rings (SSSR count). The van der Waals surface area contributed by atoms with E-state index in [-0.39, 0.29) is 52.8 Å². The van der Waals surface area contributed by atoms with Gasteiger partial charge in [-0.25, -0.2) is 9.37 Å². The minimum Gasteiger partial charge on any atom is -0.497 e. The highest BCUT2D eigenvalue weighted by Crippen LogP contribution is 2.56. The molecule has 1 aliphatic heterocycles. The van der Waals surface area contributed by atoms with Gasteiger partial charge in [0.15, 0.2) is 0 Å². The predicted octanol–water partition coefficient (Wildman–Crippen LogP) is 8.74. The first kappa shape index (κ1) is 39.4. The highest BCUT2D eigenvalue weighted by atomic mass is 28.5. The van der Waals surface area contributed by atoms with Gasteiger partial charge in [0.05, 0.1) is 13.2 Å². The largest absolute Gasteiger partial charge is 0.497 e. The molecule has 1 saturated heterocycles. The molecule has 2 aromatic rings. The Hall–Kier alpha value is -2.39. The summed E-state index contributed by atoms with van der Waals surface area (Å²) in [4.78, 5) is 22.0. The second-order valence-corrected chi connectivity index (χ2v) is 25.0. The highest BCUT2D eigenvalue weighted by molar-refractivity contribution is 6.84. The van der Waals surface area contributed by atoms with Gasteiger partial charge in [-0.2, -0.15) is 4.98 Å². The number of carbonyl (C=O) groups is 1. The molecule has 12 heteroatoms. The van der Waals surface area contributed by atoms with E-state index in [2.05, 4.69) is 60.4 Å². The molecule has 0 radical (unpaired) electrons. The molecule has 0 spiro atoms. The average molecular weight is 719 g/mol. The van der Waals surface area contributed by atoms with Crippen molar-refractivity contribution in [2.24, 2.45) is 5.92 Å². The minimum atomic E-state index is -3.04. The molecule has 0 bridgehead atoms. The van der Waals surface area contributed by atoms with Crippen molar-refractivity contribution in [2.75, 3.05) is 13.7 Å². The number of benzene rings is 1. The number of fused-ring (bicyclic) bond motifs is 1. The van der Waals surface area contributed by atoms with Crippen LogP contribution in [0.5, 0.6) is 11.6 Å². The zero-order valence-electron chi connectivity index (χ0n) is 31.9. The zero-order valence-corrected chi connectivity index (χ0v) is 33.9. The topological polar surface area (TPSA) is 98.2 Å². The van der Waals surface area contributed by atoms with Gasteiger partial charge in [-0.1, -0.05) is 67.5 Å². The number of alkyl halides is 1. The van der Waals surface area contributed by atoms with Crippen LogP contribution < -0.4 is 9.47 Å². The Kier molecular flexibility index (Phi) is 12.1. The summed E-state index contributed by atoms with van der Waals surface area (Å²) in [6.45, 7) is 24.9. The van der Waals surface area contributed by atoms with Gasteiger partial charge in [0.1, 0.15) is 35.9 Å². The Balaban J connectivity index is 1.76. The van der Waals surface area contributed by atoms with Crippen molar-refractivity contribution >= 4 is 23.1 Å². The maximum atomic E-state index is 17.7. The van der Waals surface area contributed by atoms with Gasteiger partial charge in [0.25, 0.3) is 0 Å². The smallest absolute Gasteiger partial charge is 0.335 e. The standard InChI is InChI=1S/C37H59FN2O7Si2/c1-23(2)48(24(3)4)44-22-28-18-31(37(12,38)34(28)46-49(47-48,25(5)6)26(7)8)30-20-39-32(19-33(41)45-36(9,10)11)40-35(30)43-21-27-14-16-29(42-13)17-15-27/h14-17,20,23-26,28,31,34H,18-19,21-22H2,1-13H3/t28-,31+,34-,37+/m1/s1. The summed E-state index contributed by atoms with van der Waals surface area (Å²) in [5, 5.41) is 0. The summed E-state index contributed by atoms with van der Waals surface area (Å²) in [6, 6.07) is 7.53. The lowest BCUT2D eigenvalue weighted by atomic mass is 9.88. The van der Waals surface area contributed by atoms with E-state index in [9.17, 15) is 4.79 Å². The number of halogens is 1. The Morgan fingerprint density at radius 2 is 1.59 bits per heavy atom. The van der Waals surface area contributed by atoms with Crippen LogP contribution in [-0.2, 0) is 35.5 Å². The van der Waals surface area contributed by atoms with E-state index < -0.39 is 46.4 Å². The SMILES string of the molecule is COc1ccc(COc2nc(CC(=O)OC(C)(C)C)ncc2[C@@H]2C[C@@H]3CO[Si](C(C)C)(C(C)C)O[Si](C(C)C)(C(C)C)O[C@H]3[C@@]2(C)F)cc1. The van der Waals surface area contributed by atoms with Crippen molar-refractivity contribution in [3.63, 3.8) is 0 Å². The molecule has 1 aromatic heterocycles. The van der Waals surface area contributed by atoms with Crippen LogP contribution in [0.4, 0.5) is 4.39 Å². The van der Waals surface area contributed by atoms with E-state index in [1.54, 1.807) is 20.2 Å². The third-order valence-electron chi connectivity index (χ3n) is 10.0. The fourth-order valence-corrected chi connectivity index (χ4v) is 18.9.